The third kappa shape index (κ3) is 48.7. The van der Waals surface area contributed by atoms with Gasteiger partial charge in [0.15, 0.2) is 12.4 Å². The van der Waals surface area contributed by atoms with Crippen LogP contribution in [-0.2, 0) is 23.8 Å². The first kappa shape index (κ1) is 80.1. The van der Waals surface area contributed by atoms with Crippen molar-refractivity contribution >= 4 is 11.9 Å². The lowest BCUT2D eigenvalue weighted by Gasteiger charge is -2.41. The Kier molecular flexibility index (Phi) is 57.8. The van der Waals surface area contributed by atoms with Gasteiger partial charge in [0.25, 0.3) is 0 Å². The molecule has 0 aromatic rings. The molecular weight excluding hydrogens is 1060 g/mol. The molecule has 1 saturated heterocycles. The molecule has 6 N–H and O–H groups in total. The van der Waals surface area contributed by atoms with Gasteiger partial charge in [-0.2, -0.15) is 0 Å². The smallest absolute Gasteiger partial charge is 0.306 e. The van der Waals surface area contributed by atoms with Gasteiger partial charge in [-0.1, -0.05) is 318 Å². The molecule has 0 aromatic carbocycles. The first-order valence-electron chi connectivity index (χ1n) is 35.7. The van der Waals surface area contributed by atoms with E-state index in [4.69, 9.17) is 14.2 Å². The molecule has 1 rings (SSSR count). The summed E-state index contributed by atoms with van der Waals surface area (Å²) in [6.45, 7) is 5.69. The minimum atomic E-state index is -1.63. The maximum Gasteiger partial charge on any atom is 0.306 e. The highest BCUT2D eigenvalue weighted by Crippen LogP contribution is 2.26. The molecule has 1 aliphatic heterocycles. The van der Waals surface area contributed by atoms with Crippen molar-refractivity contribution in [2.24, 2.45) is 0 Å². The first-order chi connectivity index (χ1) is 41.7. The number of hydrogen-bond acceptors (Lipinski definition) is 10. The van der Waals surface area contributed by atoms with Crippen LogP contribution in [0, 0.1) is 0 Å². The van der Waals surface area contributed by atoms with Crippen LogP contribution in [0.4, 0.5) is 0 Å². The Morgan fingerprint density at radius 1 is 0.471 bits per heavy atom. The van der Waals surface area contributed by atoms with Crippen molar-refractivity contribution in [2.45, 2.75) is 372 Å². The summed E-state index contributed by atoms with van der Waals surface area (Å²) in [5.41, 5.74) is 0. The van der Waals surface area contributed by atoms with Gasteiger partial charge in [-0.3, -0.25) is 9.59 Å². The van der Waals surface area contributed by atoms with Crippen molar-refractivity contribution in [3.63, 3.8) is 0 Å². The molecule has 494 valence electrons. The van der Waals surface area contributed by atoms with Gasteiger partial charge in [0, 0.05) is 6.42 Å². The van der Waals surface area contributed by atoms with Crippen LogP contribution in [0.25, 0.3) is 0 Å². The minimum Gasteiger partial charge on any atom is -0.454 e. The van der Waals surface area contributed by atoms with E-state index in [2.05, 4.69) is 86.8 Å². The average Bonchev–Trinajstić information content (AvgIpc) is 2.90. The van der Waals surface area contributed by atoms with Crippen LogP contribution in [0.15, 0.2) is 72.9 Å². The number of carbonyl (C=O) groups excluding carboxylic acids is 2. The summed E-state index contributed by atoms with van der Waals surface area (Å²) < 4.78 is 17.6. The fourth-order valence-corrected chi connectivity index (χ4v) is 11.0. The van der Waals surface area contributed by atoms with Gasteiger partial charge < -0.3 is 45.1 Å². The largest absolute Gasteiger partial charge is 0.454 e. The van der Waals surface area contributed by atoms with Crippen molar-refractivity contribution in [1.82, 2.24) is 5.32 Å². The third-order valence-corrected chi connectivity index (χ3v) is 16.6. The van der Waals surface area contributed by atoms with Gasteiger partial charge in [-0.25, -0.2) is 0 Å². The standard InChI is InChI=1S/C74H133NO10/c1-4-7-10-13-16-19-22-24-26-28-30-31-32-33-34-35-36-38-39-41-43-46-49-52-55-58-61-67(78)73(82)75-65(66(77)60-57-54-51-48-45-21-18-15-12-9-6-3)64-83-74-72(71(81)70(80)68(63-76)84-74)85-69(79)62-59-56-53-50-47-44-42-40-37-29-27-25-23-20-17-14-11-8-5-2/h8,11,17,20,25,27,37,40,44,47,57,60,65-68,70-72,74,76-78,80-81H,4-7,9-10,12-16,18-19,21-24,26,28-36,38-39,41-43,45-46,48-56,58-59,61-64H2,1-3H3,(H,75,82)/b11-8-,20-17-,27-25-,40-37-,47-44-,60-57+. The molecule has 0 spiro atoms. The van der Waals surface area contributed by atoms with Gasteiger partial charge in [0.2, 0.25) is 5.91 Å². The number of aliphatic hydroxyl groups is 5. The molecule has 8 atom stereocenters. The Labute approximate surface area is 521 Å². The number of ether oxygens (including phenoxy) is 3. The SMILES string of the molecule is CC/C=C\C/C=C\C/C=C\C/C=C\C/C=C\CCCCCC(=O)OC1C(OCC(NC(=O)C(O)CCCCCCCCCCCCCCCCCCCCCCCCCCCC)C(O)/C=C/CCCCCCCCCCC)OC(CO)C(O)C1O. The van der Waals surface area contributed by atoms with E-state index < -0.39 is 67.4 Å². The molecule has 85 heavy (non-hydrogen) atoms. The van der Waals surface area contributed by atoms with E-state index in [0.29, 0.717) is 19.3 Å². The highest BCUT2D eigenvalue weighted by atomic mass is 16.7. The van der Waals surface area contributed by atoms with Crippen LogP contribution in [0.2, 0.25) is 0 Å². The molecular formula is C74H133NO10. The Bertz CT molecular complexity index is 1660. The van der Waals surface area contributed by atoms with Crippen molar-refractivity contribution < 1.29 is 49.3 Å². The zero-order valence-electron chi connectivity index (χ0n) is 55.0. The maximum absolute atomic E-state index is 13.5. The molecule has 1 amide bonds. The van der Waals surface area contributed by atoms with E-state index in [9.17, 15) is 35.1 Å². The Morgan fingerprint density at radius 2 is 0.847 bits per heavy atom. The summed E-state index contributed by atoms with van der Waals surface area (Å²) in [5.74, 6) is -1.22. The number of esters is 1. The predicted molar refractivity (Wildman–Crippen MR) is 356 cm³/mol. The highest BCUT2D eigenvalue weighted by Gasteiger charge is 2.47. The minimum absolute atomic E-state index is 0.0832. The van der Waals surface area contributed by atoms with Crippen LogP contribution in [-0.4, -0.2) is 99.6 Å². The van der Waals surface area contributed by atoms with Gasteiger partial charge in [-0.15, -0.1) is 0 Å². The number of aliphatic hydroxyl groups excluding tert-OH is 5. The lowest BCUT2D eigenvalue weighted by molar-refractivity contribution is -0.305. The molecule has 0 aliphatic carbocycles. The van der Waals surface area contributed by atoms with Crippen molar-refractivity contribution in [2.75, 3.05) is 13.2 Å². The Morgan fingerprint density at radius 3 is 1.27 bits per heavy atom. The van der Waals surface area contributed by atoms with E-state index in [-0.39, 0.29) is 13.0 Å². The number of hydrogen-bond donors (Lipinski definition) is 6. The zero-order valence-corrected chi connectivity index (χ0v) is 55.0. The summed E-state index contributed by atoms with van der Waals surface area (Å²) >= 11 is 0. The number of amides is 1. The molecule has 1 heterocycles. The second kappa shape index (κ2) is 61.3. The van der Waals surface area contributed by atoms with E-state index in [1.807, 2.05) is 6.08 Å². The lowest BCUT2D eigenvalue weighted by Crippen LogP contribution is -2.61. The molecule has 1 fully saturated rings. The van der Waals surface area contributed by atoms with Crippen molar-refractivity contribution in [3.05, 3.63) is 72.9 Å². The van der Waals surface area contributed by atoms with Crippen LogP contribution in [0.5, 0.6) is 0 Å². The number of carbonyl (C=O) groups is 2. The molecule has 0 radical (unpaired) electrons. The fraction of sp³-hybridized carbons (Fsp3) is 0.811. The second-order valence-electron chi connectivity index (χ2n) is 24.6. The summed E-state index contributed by atoms with van der Waals surface area (Å²) in [6.07, 6.45) is 69.6. The van der Waals surface area contributed by atoms with Gasteiger partial charge >= 0.3 is 5.97 Å². The van der Waals surface area contributed by atoms with E-state index in [1.165, 1.54) is 186 Å². The second-order valence-corrected chi connectivity index (χ2v) is 24.6. The van der Waals surface area contributed by atoms with Gasteiger partial charge in [0.1, 0.15) is 24.4 Å². The van der Waals surface area contributed by atoms with E-state index in [1.54, 1.807) is 6.08 Å². The first-order valence-corrected chi connectivity index (χ1v) is 35.7. The van der Waals surface area contributed by atoms with Crippen molar-refractivity contribution in [3.8, 4) is 0 Å². The van der Waals surface area contributed by atoms with E-state index >= 15 is 0 Å². The Hall–Kier alpha value is -2.90. The lowest BCUT2D eigenvalue weighted by atomic mass is 9.99. The highest BCUT2D eigenvalue weighted by molar-refractivity contribution is 5.80. The summed E-state index contributed by atoms with van der Waals surface area (Å²) in [6, 6.07) is -1.03. The quantitative estimate of drug-likeness (QED) is 0.0195. The summed E-state index contributed by atoms with van der Waals surface area (Å²) in [5, 5.41) is 57.2. The fourth-order valence-electron chi connectivity index (χ4n) is 11.0. The molecule has 1 aliphatic rings. The van der Waals surface area contributed by atoms with Crippen LogP contribution >= 0.6 is 0 Å². The molecule has 0 aromatic heterocycles. The normalized spacial score (nSPS) is 18.8. The maximum atomic E-state index is 13.5. The number of rotatable bonds is 61. The summed E-state index contributed by atoms with van der Waals surface area (Å²) in [7, 11) is 0. The number of allylic oxidation sites excluding steroid dienone is 11. The monoisotopic (exact) mass is 1200 g/mol. The van der Waals surface area contributed by atoms with E-state index in [0.717, 1.165) is 89.9 Å². The predicted octanol–water partition coefficient (Wildman–Crippen LogP) is 18.3. The molecule has 8 unspecified atom stereocenters. The molecule has 0 bridgehead atoms. The van der Waals surface area contributed by atoms with Gasteiger partial charge in [0.05, 0.1) is 25.4 Å². The van der Waals surface area contributed by atoms with Crippen LogP contribution in [0.1, 0.15) is 323 Å². The topological polar surface area (TPSA) is 175 Å². The molecule has 11 heteroatoms. The Balaban J connectivity index is 2.55. The van der Waals surface area contributed by atoms with Crippen LogP contribution in [0.3, 0.4) is 0 Å². The van der Waals surface area contributed by atoms with Crippen LogP contribution < -0.4 is 5.32 Å². The van der Waals surface area contributed by atoms with Gasteiger partial charge in [-0.05, 0) is 70.6 Å². The third-order valence-electron chi connectivity index (χ3n) is 16.6. The summed E-state index contributed by atoms with van der Waals surface area (Å²) in [4.78, 5) is 26.6. The number of unbranched alkanes of at least 4 members (excludes halogenated alkanes) is 37. The number of nitrogens with one attached hydrogen (secondary N) is 1. The van der Waals surface area contributed by atoms with Crippen molar-refractivity contribution in [1.29, 1.82) is 0 Å². The zero-order chi connectivity index (χ0) is 61.7. The molecule has 11 nitrogen and oxygen atoms in total. The average molecular weight is 1200 g/mol. The molecule has 0 saturated carbocycles.